The highest BCUT2D eigenvalue weighted by molar-refractivity contribution is 5.86. The van der Waals surface area contributed by atoms with Gasteiger partial charge in [-0.3, -0.25) is 0 Å². The van der Waals surface area contributed by atoms with Crippen molar-refractivity contribution in [2.45, 2.75) is 13.8 Å². The van der Waals surface area contributed by atoms with Crippen LogP contribution in [0.1, 0.15) is 11.1 Å². The summed E-state index contributed by atoms with van der Waals surface area (Å²) in [5, 5.41) is 0. The van der Waals surface area contributed by atoms with Crippen LogP contribution >= 0.6 is 0 Å². The Kier molecular flexibility index (Phi) is 4.55. The van der Waals surface area contributed by atoms with Crippen molar-refractivity contribution in [1.29, 1.82) is 0 Å². The molecular weight excluding hydrogens is 364 g/mol. The molecule has 2 nitrogen and oxygen atoms in total. The fourth-order valence-electron chi connectivity index (χ4n) is 4.62. The van der Waals surface area contributed by atoms with E-state index in [2.05, 4.69) is 122 Å². The molecule has 2 heteroatoms. The molecule has 4 aromatic rings. The summed E-state index contributed by atoms with van der Waals surface area (Å²) in [7, 11) is 2.16. The molecule has 1 aliphatic rings. The highest BCUT2D eigenvalue weighted by atomic mass is 15.4. The van der Waals surface area contributed by atoms with E-state index in [1.54, 1.807) is 0 Å². The van der Waals surface area contributed by atoms with Crippen LogP contribution in [0.2, 0.25) is 0 Å². The number of nitrogens with zero attached hydrogens (tertiary/aromatic N) is 2. The Morgan fingerprint density at radius 2 is 1.17 bits per heavy atom. The molecule has 0 aromatic heterocycles. The van der Waals surface area contributed by atoms with Crippen LogP contribution in [0.15, 0.2) is 91.0 Å². The van der Waals surface area contributed by atoms with Gasteiger partial charge in [-0.15, -0.1) is 0 Å². The molecule has 0 bridgehead atoms. The fraction of sp³-hybridized carbons (Fsp3) is 0.143. The predicted molar refractivity (Wildman–Crippen MR) is 129 cm³/mol. The molecule has 0 atom stereocenters. The maximum Gasteiger partial charge on any atom is 0.0950 e. The summed E-state index contributed by atoms with van der Waals surface area (Å²) < 4.78 is 0. The van der Waals surface area contributed by atoms with Crippen molar-refractivity contribution in [2.24, 2.45) is 0 Å². The van der Waals surface area contributed by atoms with Crippen molar-refractivity contribution in [3.63, 3.8) is 0 Å². The summed E-state index contributed by atoms with van der Waals surface area (Å²) in [4.78, 5) is 4.73. The third kappa shape index (κ3) is 3.05. The molecule has 0 unspecified atom stereocenters. The Hall–Kier alpha value is -3.52. The van der Waals surface area contributed by atoms with E-state index in [1.165, 1.54) is 50.4 Å². The van der Waals surface area contributed by atoms with Crippen LogP contribution in [0.25, 0.3) is 22.3 Å². The molecule has 4 aromatic carbocycles. The van der Waals surface area contributed by atoms with Crippen LogP contribution in [0.4, 0.5) is 17.1 Å². The second-order valence-corrected chi connectivity index (χ2v) is 8.10. The van der Waals surface area contributed by atoms with E-state index in [0.29, 0.717) is 0 Å². The Labute approximate surface area is 179 Å². The lowest BCUT2D eigenvalue weighted by molar-refractivity contribution is 0.946. The quantitative estimate of drug-likeness (QED) is 0.365. The van der Waals surface area contributed by atoms with Crippen LogP contribution in [0.5, 0.6) is 0 Å². The van der Waals surface area contributed by atoms with E-state index in [9.17, 15) is 0 Å². The minimum absolute atomic E-state index is 0.871. The molecular formula is C28H26N2. The van der Waals surface area contributed by atoms with Gasteiger partial charge in [0.2, 0.25) is 0 Å². The predicted octanol–water partition coefficient (Wildman–Crippen LogP) is 7.18. The zero-order valence-corrected chi connectivity index (χ0v) is 17.8. The van der Waals surface area contributed by atoms with E-state index in [-0.39, 0.29) is 0 Å². The van der Waals surface area contributed by atoms with E-state index >= 15 is 0 Å². The van der Waals surface area contributed by atoms with Gasteiger partial charge in [-0.05, 0) is 65.4 Å². The summed E-state index contributed by atoms with van der Waals surface area (Å²) in [6.07, 6.45) is 0. The Morgan fingerprint density at radius 1 is 0.567 bits per heavy atom. The molecule has 1 aliphatic heterocycles. The van der Waals surface area contributed by atoms with Crippen molar-refractivity contribution < 1.29 is 0 Å². The summed E-state index contributed by atoms with van der Waals surface area (Å²) in [6, 6.07) is 32.7. The first-order valence-corrected chi connectivity index (χ1v) is 10.5. The second-order valence-electron chi connectivity index (χ2n) is 8.10. The van der Waals surface area contributed by atoms with Crippen LogP contribution in [-0.2, 0) is 0 Å². The summed E-state index contributed by atoms with van der Waals surface area (Å²) in [5.41, 5.74) is 11.6. The number of anilines is 3. The minimum Gasteiger partial charge on any atom is -0.355 e. The molecule has 0 amide bonds. The summed E-state index contributed by atoms with van der Waals surface area (Å²) in [5.74, 6) is 0. The zero-order valence-electron chi connectivity index (χ0n) is 17.8. The second kappa shape index (κ2) is 7.38. The van der Waals surface area contributed by atoms with Crippen molar-refractivity contribution in [3.8, 4) is 22.3 Å². The van der Waals surface area contributed by atoms with Gasteiger partial charge >= 0.3 is 0 Å². The van der Waals surface area contributed by atoms with E-state index in [1.807, 2.05) is 0 Å². The summed E-state index contributed by atoms with van der Waals surface area (Å²) in [6.45, 7) is 5.33. The van der Waals surface area contributed by atoms with Crippen molar-refractivity contribution >= 4 is 17.1 Å². The molecule has 0 fully saturated rings. The maximum atomic E-state index is 2.42. The average Bonchev–Trinajstić information content (AvgIpc) is 3.11. The number of rotatable bonds is 3. The molecule has 30 heavy (non-hydrogen) atoms. The average molecular weight is 391 g/mol. The van der Waals surface area contributed by atoms with Crippen molar-refractivity contribution in [1.82, 2.24) is 0 Å². The lowest BCUT2D eigenvalue weighted by Gasteiger charge is -2.24. The van der Waals surface area contributed by atoms with Gasteiger partial charge in [0.15, 0.2) is 0 Å². The van der Waals surface area contributed by atoms with Crippen molar-refractivity contribution in [2.75, 3.05) is 23.5 Å². The number of aryl methyl sites for hydroxylation is 1. The summed E-state index contributed by atoms with van der Waals surface area (Å²) >= 11 is 0. The number of para-hydroxylation sites is 2. The van der Waals surface area contributed by atoms with Gasteiger partial charge in [-0.25, -0.2) is 0 Å². The van der Waals surface area contributed by atoms with Gasteiger partial charge in [0.1, 0.15) is 0 Å². The highest BCUT2D eigenvalue weighted by Crippen LogP contribution is 2.43. The largest absolute Gasteiger partial charge is 0.355 e. The van der Waals surface area contributed by atoms with Gasteiger partial charge in [-0.1, -0.05) is 72.8 Å². The molecule has 0 N–H and O–H groups in total. The van der Waals surface area contributed by atoms with Crippen molar-refractivity contribution in [3.05, 3.63) is 102 Å². The standard InChI is InChI=1S/C28H26N2/c1-20-13-18-25(30-19-29(3)26-11-7-8-12-27(26)30)21(2)28(20)24-16-14-23(15-17-24)22-9-5-4-6-10-22/h4-18H,19H2,1-3H3. The number of fused-ring (bicyclic) bond motifs is 1. The molecule has 0 spiro atoms. The van der Waals surface area contributed by atoms with Gasteiger partial charge in [0.25, 0.3) is 0 Å². The lowest BCUT2D eigenvalue weighted by Crippen LogP contribution is -2.24. The Morgan fingerprint density at radius 3 is 1.90 bits per heavy atom. The molecule has 0 saturated heterocycles. The Bertz CT molecular complexity index is 1190. The highest BCUT2D eigenvalue weighted by Gasteiger charge is 2.26. The third-order valence-corrected chi connectivity index (χ3v) is 6.15. The topological polar surface area (TPSA) is 6.48 Å². The third-order valence-electron chi connectivity index (χ3n) is 6.15. The molecule has 0 radical (unpaired) electrons. The molecule has 0 aliphatic carbocycles. The van der Waals surface area contributed by atoms with E-state index in [0.717, 1.165) is 6.67 Å². The molecule has 5 rings (SSSR count). The van der Waals surface area contributed by atoms with Crippen LogP contribution in [-0.4, -0.2) is 13.7 Å². The van der Waals surface area contributed by atoms with Gasteiger partial charge in [0.05, 0.1) is 18.0 Å². The van der Waals surface area contributed by atoms with E-state index < -0.39 is 0 Å². The number of benzene rings is 4. The van der Waals surface area contributed by atoms with Gasteiger partial charge in [0, 0.05) is 12.7 Å². The number of hydrogen-bond acceptors (Lipinski definition) is 2. The maximum absolute atomic E-state index is 2.42. The van der Waals surface area contributed by atoms with Crippen LogP contribution < -0.4 is 9.80 Å². The minimum atomic E-state index is 0.871. The van der Waals surface area contributed by atoms with Crippen LogP contribution in [0.3, 0.4) is 0 Å². The monoisotopic (exact) mass is 390 g/mol. The lowest BCUT2D eigenvalue weighted by atomic mass is 9.92. The Balaban J connectivity index is 1.56. The normalized spacial score (nSPS) is 12.9. The molecule has 0 saturated carbocycles. The van der Waals surface area contributed by atoms with Gasteiger partial charge in [-0.2, -0.15) is 0 Å². The first kappa shape index (κ1) is 18.5. The SMILES string of the molecule is Cc1ccc(N2CN(C)c3ccccc32)c(C)c1-c1ccc(-c2ccccc2)cc1. The zero-order chi connectivity index (χ0) is 20.7. The smallest absolute Gasteiger partial charge is 0.0950 e. The fourth-order valence-corrected chi connectivity index (χ4v) is 4.62. The molecule has 1 heterocycles. The first-order valence-electron chi connectivity index (χ1n) is 10.5. The number of hydrogen-bond donors (Lipinski definition) is 0. The van der Waals surface area contributed by atoms with Gasteiger partial charge < -0.3 is 9.80 Å². The molecule has 148 valence electrons. The van der Waals surface area contributed by atoms with E-state index in [4.69, 9.17) is 0 Å². The first-order chi connectivity index (χ1) is 14.6. The van der Waals surface area contributed by atoms with Crippen LogP contribution in [0, 0.1) is 13.8 Å².